The molecule has 0 bridgehead atoms. The molecule has 2 aromatic heterocycles. The van der Waals surface area contributed by atoms with E-state index in [2.05, 4.69) is 10.2 Å². The van der Waals surface area contributed by atoms with Crippen LogP contribution < -0.4 is 0 Å². The zero-order valence-electron chi connectivity index (χ0n) is 10.5. The molecule has 0 N–H and O–H groups in total. The van der Waals surface area contributed by atoms with Gasteiger partial charge >= 0.3 is 6.18 Å². The molecule has 0 unspecified atom stereocenters. The third-order valence-corrected chi connectivity index (χ3v) is 3.02. The molecule has 0 aliphatic rings. The van der Waals surface area contributed by atoms with E-state index >= 15 is 0 Å². The molecule has 0 spiro atoms. The molecule has 3 rings (SSSR count). The number of nitrogens with zero attached hydrogens (tertiary/aromatic N) is 3. The number of benzene rings is 1. The molecular weight excluding hydrogens is 267 g/mol. The zero-order valence-corrected chi connectivity index (χ0v) is 10.5. The van der Waals surface area contributed by atoms with Crippen LogP contribution >= 0.6 is 0 Å². The largest absolute Gasteiger partial charge is 0.417 e. The molecule has 0 aliphatic carbocycles. The van der Waals surface area contributed by atoms with E-state index in [1.807, 2.05) is 13.0 Å². The first kappa shape index (κ1) is 12.7. The van der Waals surface area contributed by atoms with Gasteiger partial charge in [-0.15, -0.1) is 10.2 Å². The van der Waals surface area contributed by atoms with Crippen molar-refractivity contribution in [2.24, 2.45) is 0 Å². The predicted octanol–water partition coefficient (Wildman–Crippen LogP) is 3.72. The summed E-state index contributed by atoms with van der Waals surface area (Å²) < 4.78 is 40.8. The maximum Gasteiger partial charge on any atom is 0.417 e. The third-order valence-electron chi connectivity index (χ3n) is 3.02. The van der Waals surface area contributed by atoms with Crippen LogP contribution in [0.1, 0.15) is 11.1 Å². The Balaban J connectivity index is 2.29. The van der Waals surface area contributed by atoms with Crippen LogP contribution in [-0.2, 0) is 6.18 Å². The molecule has 0 atom stereocenters. The number of hydrogen-bond donors (Lipinski definition) is 0. The predicted molar refractivity (Wildman–Crippen MR) is 68.2 cm³/mol. The van der Waals surface area contributed by atoms with Crippen molar-refractivity contribution in [2.45, 2.75) is 13.1 Å². The van der Waals surface area contributed by atoms with Gasteiger partial charge in [0, 0.05) is 11.8 Å². The number of aryl methyl sites for hydroxylation is 1. The van der Waals surface area contributed by atoms with Crippen molar-refractivity contribution in [1.29, 1.82) is 0 Å². The maximum absolute atomic E-state index is 13.1. The van der Waals surface area contributed by atoms with Crippen molar-refractivity contribution >= 4 is 5.65 Å². The number of pyridine rings is 1. The lowest BCUT2D eigenvalue weighted by Gasteiger charge is -2.11. The number of aromatic nitrogens is 3. The minimum absolute atomic E-state index is 0.0260. The number of alkyl halides is 3. The average Bonchev–Trinajstić information content (AvgIpc) is 2.80. The van der Waals surface area contributed by atoms with Crippen LogP contribution in [0.5, 0.6) is 0 Å². The van der Waals surface area contributed by atoms with Gasteiger partial charge in [0.05, 0.1) is 5.56 Å². The van der Waals surface area contributed by atoms with Crippen molar-refractivity contribution in [1.82, 2.24) is 14.6 Å². The SMILES string of the molecule is Cc1ccc2nnc(-c3ccccc3C(F)(F)F)n2c1. The maximum atomic E-state index is 13.1. The molecule has 3 nitrogen and oxygen atoms in total. The van der Waals surface area contributed by atoms with Gasteiger partial charge in [-0.3, -0.25) is 4.40 Å². The quantitative estimate of drug-likeness (QED) is 0.678. The summed E-state index contributed by atoms with van der Waals surface area (Å²) in [6.45, 7) is 1.86. The summed E-state index contributed by atoms with van der Waals surface area (Å²) in [6.07, 6.45) is -2.70. The minimum Gasteiger partial charge on any atom is -0.282 e. The fraction of sp³-hybridized carbons (Fsp3) is 0.143. The van der Waals surface area contributed by atoms with E-state index in [9.17, 15) is 13.2 Å². The molecule has 0 aliphatic heterocycles. The fourth-order valence-corrected chi connectivity index (χ4v) is 2.11. The Labute approximate surface area is 112 Å². The lowest BCUT2D eigenvalue weighted by atomic mass is 10.1. The number of fused-ring (bicyclic) bond motifs is 1. The topological polar surface area (TPSA) is 30.2 Å². The Hall–Kier alpha value is -2.37. The lowest BCUT2D eigenvalue weighted by Crippen LogP contribution is -2.08. The first-order valence-electron chi connectivity index (χ1n) is 5.95. The summed E-state index contributed by atoms with van der Waals surface area (Å²) in [5.41, 5.74) is 0.750. The van der Waals surface area contributed by atoms with Gasteiger partial charge < -0.3 is 0 Å². The van der Waals surface area contributed by atoms with Crippen LogP contribution in [0.2, 0.25) is 0 Å². The van der Waals surface area contributed by atoms with Crippen LogP contribution in [-0.4, -0.2) is 14.6 Å². The molecule has 0 fully saturated rings. The first-order valence-corrected chi connectivity index (χ1v) is 5.95. The van der Waals surface area contributed by atoms with Gasteiger partial charge in [-0.25, -0.2) is 0 Å². The molecule has 0 saturated heterocycles. The summed E-state index contributed by atoms with van der Waals surface area (Å²) in [4.78, 5) is 0. The highest BCUT2D eigenvalue weighted by atomic mass is 19.4. The van der Waals surface area contributed by atoms with Crippen LogP contribution in [0.25, 0.3) is 17.0 Å². The van der Waals surface area contributed by atoms with Crippen molar-refractivity contribution < 1.29 is 13.2 Å². The second-order valence-electron chi connectivity index (χ2n) is 4.50. The van der Waals surface area contributed by atoms with Gasteiger partial charge in [-0.2, -0.15) is 13.2 Å². The third kappa shape index (κ3) is 2.03. The van der Waals surface area contributed by atoms with Gasteiger partial charge in [0.25, 0.3) is 0 Å². The Morgan fingerprint density at radius 2 is 1.75 bits per heavy atom. The van der Waals surface area contributed by atoms with Crippen LogP contribution in [0.15, 0.2) is 42.6 Å². The van der Waals surface area contributed by atoms with E-state index < -0.39 is 11.7 Å². The van der Waals surface area contributed by atoms with Crippen LogP contribution in [0.3, 0.4) is 0 Å². The van der Waals surface area contributed by atoms with Crippen molar-refractivity contribution in [3.63, 3.8) is 0 Å². The first-order chi connectivity index (χ1) is 9.47. The normalized spacial score (nSPS) is 12.0. The molecule has 102 valence electrons. The summed E-state index contributed by atoms with van der Waals surface area (Å²) in [6, 6.07) is 8.93. The molecule has 3 aromatic rings. The van der Waals surface area contributed by atoms with Gasteiger partial charge in [-0.1, -0.05) is 24.3 Å². The van der Waals surface area contributed by atoms with E-state index in [1.54, 1.807) is 22.7 Å². The number of hydrogen-bond acceptors (Lipinski definition) is 2. The second-order valence-corrected chi connectivity index (χ2v) is 4.50. The van der Waals surface area contributed by atoms with Gasteiger partial charge in [0.15, 0.2) is 11.5 Å². The molecule has 1 aromatic carbocycles. The monoisotopic (exact) mass is 277 g/mol. The van der Waals surface area contributed by atoms with Gasteiger partial charge in [0.1, 0.15) is 0 Å². The molecule has 0 saturated carbocycles. The van der Waals surface area contributed by atoms with E-state index in [1.165, 1.54) is 12.1 Å². The van der Waals surface area contributed by atoms with Crippen molar-refractivity contribution in [3.05, 3.63) is 53.7 Å². The Bertz CT molecular complexity index is 775. The molecule has 6 heteroatoms. The van der Waals surface area contributed by atoms with Crippen molar-refractivity contribution in [2.75, 3.05) is 0 Å². The van der Waals surface area contributed by atoms with Gasteiger partial charge in [-0.05, 0) is 24.6 Å². The molecule has 2 heterocycles. The van der Waals surface area contributed by atoms with Crippen LogP contribution in [0, 0.1) is 6.92 Å². The molecule has 0 amide bonds. The Morgan fingerprint density at radius 1 is 1.00 bits per heavy atom. The Morgan fingerprint density at radius 3 is 2.50 bits per heavy atom. The van der Waals surface area contributed by atoms with E-state index in [0.717, 1.165) is 11.6 Å². The molecule has 20 heavy (non-hydrogen) atoms. The van der Waals surface area contributed by atoms with Gasteiger partial charge in [0.2, 0.25) is 0 Å². The highest BCUT2D eigenvalue weighted by Crippen LogP contribution is 2.36. The Kier molecular flexibility index (Phi) is 2.74. The minimum atomic E-state index is -4.42. The van der Waals surface area contributed by atoms with Crippen LogP contribution in [0.4, 0.5) is 13.2 Å². The highest BCUT2D eigenvalue weighted by molar-refractivity contribution is 5.64. The molecule has 0 radical (unpaired) electrons. The zero-order chi connectivity index (χ0) is 14.3. The smallest absolute Gasteiger partial charge is 0.282 e. The molecular formula is C14H10F3N3. The summed E-state index contributed by atoms with van der Waals surface area (Å²) in [5.74, 6) is 0.191. The number of halogens is 3. The van der Waals surface area contributed by atoms with E-state index in [0.29, 0.717) is 5.65 Å². The highest BCUT2D eigenvalue weighted by Gasteiger charge is 2.34. The summed E-state index contributed by atoms with van der Waals surface area (Å²) >= 11 is 0. The summed E-state index contributed by atoms with van der Waals surface area (Å²) in [7, 11) is 0. The lowest BCUT2D eigenvalue weighted by molar-refractivity contribution is -0.137. The van der Waals surface area contributed by atoms with Crippen molar-refractivity contribution in [3.8, 4) is 11.4 Å². The van der Waals surface area contributed by atoms with E-state index in [-0.39, 0.29) is 11.4 Å². The summed E-state index contributed by atoms with van der Waals surface area (Å²) in [5, 5.41) is 7.80. The number of rotatable bonds is 1. The second kappa shape index (κ2) is 4.33. The fourth-order valence-electron chi connectivity index (χ4n) is 2.11. The standard InChI is InChI=1S/C14H10F3N3/c1-9-6-7-12-18-19-13(20(12)8-9)10-4-2-3-5-11(10)14(15,16)17/h2-8H,1H3. The van der Waals surface area contributed by atoms with E-state index in [4.69, 9.17) is 0 Å². The average molecular weight is 277 g/mol.